The Morgan fingerprint density at radius 1 is 1.25 bits per heavy atom. The summed E-state index contributed by atoms with van der Waals surface area (Å²) in [5.41, 5.74) is 0.271. The second kappa shape index (κ2) is 6.71. The van der Waals surface area contributed by atoms with Crippen LogP contribution in [-0.2, 0) is 16.8 Å². The number of nitrogens with one attached hydrogen (secondary N) is 1. The van der Waals surface area contributed by atoms with E-state index >= 15 is 0 Å². The average Bonchev–Trinajstić information content (AvgIpc) is 3.01. The van der Waals surface area contributed by atoms with E-state index in [9.17, 15) is 9.90 Å². The number of hydrogen-bond donors (Lipinski definition) is 2. The van der Waals surface area contributed by atoms with E-state index in [4.69, 9.17) is 21.1 Å². The van der Waals surface area contributed by atoms with Crippen molar-refractivity contribution in [3.8, 4) is 11.5 Å². The maximum atomic E-state index is 12.1. The maximum absolute atomic E-state index is 12.1. The van der Waals surface area contributed by atoms with Crippen LogP contribution in [0.5, 0.6) is 11.5 Å². The van der Waals surface area contributed by atoms with E-state index in [0.717, 1.165) is 5.56 Å². The van der Waals surface area contributed by atoms with Crippen molar-refractivity contribution in [2.24, 2.45) is 0 Å². The highest BCUT2D eigenvalue weighted by Gasteiger charge is 2.24. The third-order valence-corrected chi connectivity index (χ3v) is 4.11. The highest BCUT2D eigenvalue weighted by molar-refractivity contribution is 6.30. The van der Waals surface area contributed by atoms with Gasteiger partial charge in [-0.15, -0.1) is 0 Å². The lowest BCUT2D eigenvalue weighted by molar-refractivity contribution is -0.121. The van der Waals surface area contributed by atoms with E-state index < -0.39 is 5.60 Å². The number of hydrogen-bond acceptors (Lipinski definition) is 4. The van der Waals surface area contributed by atoms with E-state index in [2.05, 4.69) is 5.32 Å². The molecule has 0 spiro atoms. The van der Waals surface area contributed by atoms with Crippen LogP contribution in [0, 0.1) is 0 Å². The molecular weight excluding hydrogens is 330 g/mol. The monoisotopic (exact) mass is 347 g/mol. The van der Waals surface area contributed by atoms with Gasteiger partial charge in [-0.1, -0.05) is 29.8 Å². The summed E-state index contributed by atoms with van der Waals surface area (Å²) in [5, 5.41) is 13.8. The van der Waals surface area contributed by atoms with Crippen LogP contribution >= 0.6 is 11.6 Å². The Morgan fingerprint density at radius 3 is 2.83 bits per heavy atom. The SMILES string of the molecule is C[C@@](O)(CNC(=O)Cc1ccc2c(c1)OCO2)c1cccc(Cl)c1. The fraction of sp³-hybridized carbons (Fsp3) is 0.278. The van der Waals surface area contributed by atoms with Crippen molar-refractivity contribution >= 4 is 17.5 Å². The zero-order valence-corrected chi connectivity index (χ0v) is 14.0. The van der Waals surface area contributed by atoms with Crippen LogP contribution < -0.4 is 14.8 Å². The standard InChI is InChI=1S/C18H18ClNO4/c1-18(22,13-3-2-4-14(19)9-13)10-20-17(21)8-12-5-6-15-16(7-12)24-11-23-15/h2-7,9,22H,8,10-11H2,1H3,(H,20,21)/t18-/m1/s1. The molecule has 0 unspecified atom stereocenters. The van der Waals surface area contributed by atoms with Crippen molar-refractivity contribution in [3.63, 3.8) is 0 Å². The molecule has 2 aromatic carbocycles. The Morgan fingerprint density at radius 2 is 2.04 bits per heavy atom. The van der Waals surface area contributed by atoms with E-state index in [-0.39, 0.29) is 25.7 Å². The molecule has 24 heavy (non-hydrogen) atoms. The number of ether oxygens (including phenoxy) is 2. The van der Waals surface area contributed by atoms with Gasteiger partial charge in [-0.05, 0) is 42.3 Å². The molecule has 0 saturated heterocycles. The van der Waals surface area contributed by atoms with Crippen LogP contribution in [0.25, 0.3) is 0 Å². The van der Waals surface area contributed by atoms with E-state index in [0.29, 0.717) is 22.1 Å². The van der Waals surface area contributed by atoms with Crippen LogP contribution in [0.1, 0.15) is 18.1 Å². The molecule has 1 heterocycles. The fourth-order valence-corrected chi connectivity index (χ4v) is 2.69. The minimum Gasteiger partial charge on any atom is -0.454 e. The summed E-state index contributed by atoms with van der Waals surface area (Å²) in [4.78, 5) is 12.1. The Hall–Kier alpha value is -2.24. The number of amides is 1. The van der Waals surface area contributed by atoms with Crippen molar-refractivity contribution in [2.75, 3.05) is 13.3 Å². The number of carbonyl (C=O) groups excluding carboxylic acids is 1. The Balaban J connectivity index is 1.59. The summed E-state index contributed by atoms with van der Waals surface area (Å²) in [6.07, 6.45) is 0.197. The highest BCUT2D eigenvalue weighted by atomic mass is 35.5. The van der Waals surface area contributed by atoms with Gasteiger partial charge in [0.05, 0.1) is 13.0 Å². The first-order valence-corrected chi connectivity index (χ1v) is 7.95. The summed E-state index contributed by atoms with van der Waals surface area (Å²) < 4.78 is 10.5. The molecule has 5 nitrogen and oxygen atoms in total. The van der Waals surface area contributed by atoms with Gasteiger partial charge in [-0.2, -0.15) is 0 Å². The molecule has 2 aromatic rings. The van der Waals surface area contributed by atoms with Crippen LogP contribution in [-0.4, -0.2) is 24.4 Å². The highest BCUT2D eigenvalue weighted by Crippen LogP contribution is 2.32. The molecule has 126 valence electrons. The minimum absolute atomic E-state index is 0.0940. The van der Waals surface area contributed by atoms with Crippen molar-refractivity contribution < 1.29 is 19.4 Å². The van der Waals surface area contributed by atoms with Gasteiger partial charge in [-0.3, -0.25) is 4.79 Å². The summed E-state index contributed by atoms with van der Waals surface area (Å²) in [5.74, 6) is 1.14. The molecule has 1 atom stereocenters. The van der Waals surface area contributed by atoms with Gasteiger partial charge < -0.3 is 19.9 Å². The topological polar surface area (TPSA) is 67.8 Å². The van der Waals surface area contributed by atoms with Gasteiger partial charge >= 0.3 is 0 Å². The second-order valence-electron chi connectivity index (χ2n) is 5.93. The van der Waals surface area contributed by atoms with E-state index in [1.54, 1.807) is 43.3 Å². The smallest absolute Gasteiger partial charge is 0.231 e. The van der Waals surface area contributed by atoms with Crippen molar-refractivity contribution in [1.29, 1.82) is 0 Å². The normalized spacial score (nSPS) is 15.0. The first kappa shape index (κ1) is 16.6. The maximum Gasteiger partial charge on any atom is 0.231 e. The lowest BCUT2D eigenvalue weighted by Gasteiger charge is -2.24. The average molecular weight is 348 g/mol. The summed E-state index contributed by atoms with van der Waals surface area (Å²) in [6, 6.07) is 12.4. The zero-order chi connectivity index (χ0) is 17.2. The molecule has 1 aliphatic rings. The van der Waals surface area contributed by atoms with Crippen LogP contribution in [0.2, 0.25) is 5.02 Å². The fourth-order valence-electron chi connectivity index (χ4n) is 2.50. The molecule has 6 heteroatoms. The van der Waals surface area contributed by atoms with Crippen molar-refractivity contribution in [2.45, 2.75) is 18.9 Å². The number of halogens is 1. The quantitative estimate of drug-likeness (QED) is 0.872. The largest absolute Gasteiger partial charge is 0.454 e. The molecule has 0 saturated carbocycles. The predicted octanol–water partition coefficient (Wildman–Crippen LogP) is 2.64. The Bertz CT molecular complexity index is 760. The van der Waals surface area contributed by atoms with E-state index in [1.807, 2.05) is 6.07 Å². The molecule has 0 radical (unpaired) electrons. The molecule has 0 aliphatic carbocycles. The van der Waals surface area contributed by atoms with Gasteiger partial charge in [0.2, 0.25) is 12.7 Å². The van der Waals surface area contributed by atoms with Crippen LogP contribution in [0.4, 0.5) is 0 Å². The van der Waals surface area contributed by atoms with E-state index in [1.165, 1.54) is 0 Å². The van der Waals surface area contributed by atoms with Crippen LogP contribution in [0.15, 0.2) is 42.5 Å². The minimum atomic E-state index is -1.20. The van der Waals surface area contributed by atoms with Crippen molar-refractivity contribution in [1.82, 2.24) is 5.32 Å². The first-order chi connectivity index (χ1) is 11.4. The number of fused-ring (bicyclic) bond motifs is 1. The molecule has 1 aliphatic heterocycles. The van der Waals surface area contributed by atoms with Gasteiger partial charge in [0, 0.05) is 5.02 Å². The molecule has 0 fully saturated rings. The molecular formula is C18H18ClNO4. The van der Waals surface area contributed by atoms with Gasteiger partial charge in [0.15, 0.2) is 11.5 Å². The van der Waals surface area contributed by atoms with Gasteiger partial charge in [0.1, 0.15) is 5.60 Å². The lowest BCUT2D eigenvalue weighted by atomic mass is 9.96. The van der Waals surface area contributed by atoms with Crippen molar-refractivity contribution in [3.05, 3.63) is 58.6 Å². The predicted molar refractivity (Wildman–Crippen MR) is 90.3 cm³/mol. The molecule has 0 bridgehead atoms. The Labute approximate surface area is 145 Å². The number of carbonyl (C=O) groups is 1. The second-order valence-corrected chi connectivity index (χ2v) is 6.36. The molecule has 1 amide bonds. The third kappa shape index (κ3) is 3.80. The van der Waals surface area contributed by atoms with Gasteiger partial charge in [-0.25, -0.2) is 0 Å². The number of rotatable bonds is 5. The lowest BCUT2D eigenvalue weighted by Crippen LogP contribution is -2.39. The Kier molecular flexibility index (Phi) is 4.64. The summed E-state index contributed by atoms with van der Waals surface area (Å²) in [6.45, 7) is 1.93. The summed E-state index contributed by atoms with van der Waals surface area (Å²) in [7, 11) is 0. The summed E-state index contributed by atoms with van der Waals surface area (Å²) >= 11 is 5.95. The molecule has 0 aromatic heterocycles. The third-order valence-electron chi connectivity index (χ3n) is 3.88. The molecule has 3 rings (SSSR count). The first-order valence-electron chi connectivity index (χ1n) is 7.58. The zero-order valence-electron chi connectivity index (χ0n) is 13.2. The number of aliphatic hydroxyl groups is 1. The van der Waals surface area contributed by atoms with Crippen LogP contribution in [0.3, 0.4) is 0 Å². The van der Waals surface area contributed by atoms with Gasteiger partial charge in [0.25, 0.3) is 0 Å². The molecule has 2 N–H and O–H groups in total. The number of benzene rings is 2.